The predicted molar refractivity (Wildman–Crippen MR) is 75.7 cm³/mol. The first-order valence-corrected chi connectivity index (χ1v) is 8.49. The van der Waals surface area contributed by atoms with Gasteiger partial charge in [-0.1, -0.05) is 13.3 Å². The quantitative estimate of drug-likeness (QED) is 0.828. The van der Waals surface area contributed by atoms with E-state index in [4.69, 9.17) is 0 Å². The summed E-state index contributed by atoms with van der Waals surface area (Å²) < 4.78 is 0. The van der Waals surface area contributed by atoms with Crippen molar-refractivity contribution in [2.45, 2.75) is 43.9 Å². The lowest BCUT2D eigenvalue weighted by atomic mass is 9.93. The van der Waals surface area contributed by atoms with Gasteiger partial charge in [0.25, 0.3) is 0 Å². The van der Waals surface area contributed by atoms with Gasteiger partial charge >= 0.3 is 0 Å². The Morgan fingerprint density at radius 1 is 1.39 bits per heavy atom. The van der Waals surface area contributed by atoms with Crippen LogP contribution in [0.1, 0.15) is 32.6 Å². The molecule has 3 fully saturated rings. The average Bonchev–Trinajstić information content (AvgIpc) is 2.98. The lowest BCUT2D eigenvalue weighted by Crippen LogP contribution is -2.44. The van der Waals surface area contributed by atoms with Crippen molar-refractivity contribution < 1.29 is 4.79 Å². The number of hydrogen-bond acceptors (Lipinski definition) is 3. The summed E-state index contributed by atoms with van der Waals surface area (Å²) in [5.74, 6) is 3.05. The minimum Gasteiger partial charge on any atom is -0.338 e. The van der Waals surface area contributed by atoms with Crippen molar-refractivity contribution in [1.29, 1.82) is 0 Å². The van der Waals surface area contributed by atoms with E-state index in [0.717, 1.165) is 32.5 Å². The molecule has 1 N–H and O–H groups in total. The highest BCUT2D eigenvalue weighted by molar-refractivity contribution is 8.00. The Labute approximate surface area is 114 Å². The second kappa shape index (κ2) is 5.41. The third-order valence-electron chi connectivity index (χ3n) is 4.87. The van der Waals surface area contributed by atoms with Gasteiger partial charge in [-0.2, -0.15) is 0 Å². The molecule has 4 unspecified atom stereocenters. The minimum absolute atomic E-state index is 0.264. The van der Waals surface area contributed by atoms with Crippen LogP contribution in [0.15, 0.2) is 0 Å². The molecule has 0 aromatic heterocycles. The number of nitrogens with one attached hydrogen (secondary N) is 1. The first-order valence-electron chi connectivity index (χ1n) is 7.44. The minimum atomic E-state index is 0.264. The van der Waals surface area contributed by atoms with Crippen LogP contribution < -0.4 is 5.32 Å². The van der Waals surface area contributed by atoms with Gasteiger partial charge in [-0.05, 0) is 36.9 Å². The van der Waals surface area contributed by atoms with Crippen LogP contribution in [0.3, 0.4) is 0 Å². The number of rotatable bonds is 2. The lowest BCUT2D eigenvalue weighted by molar-refractivity contribution is -0.132. The molecule has 0 bridgehead atoms. The Morgan fingerprint density at radius 2 is 2.28 bits per heavy atom. The summed E-state index contributed by atoms with van der Waals surface area (Å²) in [6.45, 7) is 5.47. The molecule has 0 aromatic rings. The van der Waals surface area contributed by atoms with Crippen LogP contribution in [-0.4, -0.2) is 47.5 Å². The van der Waals surface area contributed by atoms with Crippen LogP contribution in [0, 0.1) is 11.8 Å². The molecular formula is C14H24N2OS. The monoisotopic (exact) mass is 268 g/mol. The molecule has 3 aliphatic rings. The molecule has 0 aromatic carbocycles. The fraction of sp³-hybridized carbons (Fsp3) is 0.929. The Balaban J connectivity index is 1.69. The molecule has 0 radical (unpaired) electrons. The SMILES string of the molecule is CCC1C2CNCC2CN1C(=O)C1CCCCS1. The number of carbonyl (C=O) groups is 1. The predicted octanol–water partition coefficient (Wildman–Crippen LogP) is 1.73. The van der Waals surface area contributed by atoms with Crippen LogP contribution in [0.25, 0.3) is 0 Å². The maximum absolute atomic E-state index is 12.7. The maximum atomic E-state index is 12.7. The highest BCUT2D eigenvalue weighted by Crippen LogP contribution is 2.37. The number of amides is 1. The van der Waals surface area contributed by atoms with E-state index in [9.17, 15) is 4.79 Å². The van der Waals surface area contributed by atoms with E-state index in [1.807, 2.05) is 11.8 Å². The largest absolute Gasteiger partial charge is 0.338 e. The smallest absolute Gasteiger partial charge is 0.235 e. The van der Waals surface area contributed by atoms with E-state index in [1.54, 1.807) is 0 Å². The zero-order valence-corrected chi connectivity index (χ0v) is 12.0. The summed E-state index contributed by atoms with van der Waals surface area (Å²) in [4.78, 5) is 14.9. The number of likely N-dealkylation sites (tertiary alicyclic amines) is 1. The zero-order valence-electron chi connectivity index (χ0n) is 11.2. The lowest BCUT2D eigenvalue weighted by Gasteiger charge is -2.31. The van der Waals surface area contributed by atoms with Crippen molar-refractivity contribution >= 4 is 17.7 Å². The van der Waals surface area contributed by atoms with Crippen molar-refractivity contribution in [3.05, 3.63) is 0 Å². The summed E-state index contributed by atoms with van der Waals surface area (Å²) in [5, 5.41) is 3.75. The van der Waals surface area contributed by atoms with E-state index in [-0.39, 0.29) is 5.25 Å². The van der Waals surface area contributed by atoms with E-state index in [1.165, 1.54) is 18.6 Å². The van der Waals surface area contributed by atoms with Crippen LogP contribution in [0.2, 0.25) is 0 Å². The summed E-state index contributed by atoms with van der Waals surface area (Å²) in [6, 6.07) is 0.500. The summed E-state index contributed by atoms with van der Waals surface area (Å²) in [7, 11) is 0. The van der Waals surface area contributed by atoms with E-state index < -0.39 is 0 Å². The van der Waals surface area contributed by atoms with Crippen molar-refractivity contribution in [1.82, 2.24) is 10.2 Å². The molecule has 0 aliphatic carbocycles. The molecule has 18 heavy (non-hydrogen) atoms. The van der Waals surface area contributed by atoms with E-state index in [0.29, 0.717) is 23.8 Å². The standard InChI is InChI=1S/C14H24N2OS/c1-2-12-11-8-15-7-10(11)9-16(12)14(17)13-5-3-4-6-18-13/h10-13,15H,2-9H2,1H3. The van der Waals surface area contributed by atoms with Gasteiger partial charge in [-0.25, -0.2) is 0 Å². The first kappa shape index (κ1) is 12.8. The third-order valence-corrected chi connectivity index (χ3v) is 6.24. The normalized spacial score (nSPS) is 39.9. The third kappa shape index (κ3) is 2.18. The average molecular weight is 268 g/mol. The van der Waals surface area contributed by atoms with Crippen molar-refractivity contribution in [3.63, 3.8) is 0 Å². The van der Waals surface area contributed by atoms with E-state index in [2.05, 4.69) is 17.1 Å². The number of nitrogens with zero attached hydrogens (tertiary/aromatic N) is 1. The van der Waals surface area contributed by atoms with Gasteiger partial charge in [0.2, 0.25) is 5.91 Å². The molecule has 3 aliphatic heterocycles. The maximum Gasteiger partial charge on any atom is 0.235 e. The number of thioether (sulfide) groups is 1. The van der Waals surface area contributed by atoms with Crippen molar-refractivity contribution in [3.8, 4) is 0 Å². The fourth-order valence-electron chi connectivity index (χ4n) is 3.92. The Morgan fingerprint density at radius 3 is 3.00 bits per heavy atom. The van der Waals surface area contributed by atoms with E-state index >= 15 is 0 Å². The van der Waals surface area contributed by atoms with Gasteiger partial charge < -0.3 is 10.2 Å². The summed E-state index contributed by atoms with van der Waals surface area (Å²) in [5.41, 5.74) is 0. The fourth-order valence-corrected chi connectivity index (χ4v) is 5.19. The molecule has 4 heteroatoms. The number of hydrogen-bond donors (Lipinski definition) is 1. The topological polar surface area (TPSA) is 32.3 Å². The van der Waals surface area contributed by atoms with Gasteiger partial charge in [0, 0.05) is 25.7 Å². The van der Waals surface area contributed by atoms with Crippen molar-refractivity contribution in [2.24, 2.45) is 11.8 Å². The number of carbonyl (C=O) groups excluding carboxylic acids is 1. The molecule has 3 rings (SSSR count). The summed E-state index contributed by atoms with van der Waals surface area (Å²) >= 11 is 1.89. The molecule has 3 nitrogen and oxygen atoms in total. The van der Waals surface area contributed by atoms with Crippen LogP contribution >= 0.6 is 11.8 Å². The molecule has 3 heterocycles. The Bertz CT molecular complexity index is 317. The molecule has 102 valence electrons. The van der Waals surface area contributed by atoms with Crippen LogP contribution in [0.5, 0.6) is 0 Å². The second-order valence-corrected chi connectivity index (χ2v) is 7.21. The van der Waals surface area contributed by atoms with Gasteiger partial charge in [0.15, 0.2) is 0 Å². The van der Waals surface area contributed by atoms with Crippen molar-refractivity contribution in [2.75, 3.05) is 25.4 Å². The highest BCUT2D eigenvalue weighted by atomic mass is 32.2. The molecule has 0 saturated carbocycles. The summed E-state index contributed by atoms with van der Waals surface area (Å²) in [6.07, 6.45) is 4.75. The van der Waals surface area contributed by atoms with Gasteiger partial charge in [0.1, 0.15) is 0 Å². The molecule has 0 spiro atoms. The molecule has 3 saturated heterocycles. The van der Waals surface area contributed by atoms with Gasteiger partial charge in [-0.15, -0.1) is 11.8 Å². The second-order valence-electron chi connectivity index (χ2n) is 5.90. The van der Waals surface area contributed by atoms with Gasteiger partial charge in [-0.3, -0.25) is 4.79 Å². The molecule has 1 amide bonds. The molecular weight excluding hydrogens is 244 g/mol. The zero-order chi connectivity index (χ0) is 12.5. The van der Waals surface area contributed by atoms with Gasteiger partial charge in [0.05, 0.1) is 5.25 Å². The Hall–Kier alpha value is -0.220. The Kier molecular flexibility index (Phi) is 3.85. The molecule has 4 atom stereocenters. The number of fused-ring (bicyclic) bond motifs is 1. The van der Waals surface area contributed by atoms with Crippen LogP contribution in [0.4, 0.5) is 0 Å². The first-order chi connectivity index (χ1) is 8.81. The van der Waals surface area contributed by atoms with Crippen LogP contribution in [-0.2, 0) is 4.79 Å². The highest BCUT2D eigenvalue weighted by Gasteiger charge is 2.46.